The van der Waals surface area contributed by atoms with Crippen LogP contribution in [0.5, 0.6) is 0 Å². The molecule has 1 aliphatic heterocycles. The van der Waals surface area contributed by atoms with Crippen LogP contribution in [0.1, 0.15) is 70.9 Å². The summed E-state index contributed by atoms with van der Waals surface area (Å²) < 4.78 is 10.3. The molecule has 1 saturated heterocycles. The molecule has 1 aliphatic rings. The average molecular weight is 530 g/mol. The van der Waals surface area contributed by atoms with Gasteiger partial charge in [0.05, 0.1) is 12.0 Å². The molecule has 0 unspecified atom stereocenters. The van der Waals surface area contributed by atoms with Gasteiger partial charge in [0, 0.05) is 25.5 Å². The zero-order chi connectivity index (χ0) is 28.4. The molecular formula is C29H39NO8. The van der Waals surface area contributed by atoms with Crippen LogP contribution in [-0.2, 0) is 28.7 Å². The van der Waals surface area contributed by atoms with Crippen LogP contribution in [0.3, 0.4) is 0 Å². The van der Waals surface area contributed by atoms with Crippen molar-refractivity contribution in [1.29, 1.82) is 0 Å². The van der Waals surface area contributed by atoms with E-state index in [-0.39, 0.29) is 36.9 Å². The van der Waals surface area contributed by atoms with E-state index in [0.29, 0.717) is 18.4 Å². The van der Waals surface area contributed by atoms with Gasteiger partial charge in [0.1, 0.15) is 6.61 Å². The molecule has 1 aromatic rings. The smallest absolute Gasteiger partial charge is 0.416 e. The third-order valence-electron chi connectivity index (χ3n) is 6.56. The lowest BCUT2D eigenvalue weighted by Gasteiger charge is -2.28. The van der Waals surface area contributed by atoms with Gasteiger partial charge >= 0.3 is 12.1 Å². The first-order chi connectivity index (χ1) is 18.0. The number of amides is 2. The van der Waals surface area contributed by atoms with Gasteiger partial charge in [0.25, 0.3) is 0 Å². The van der Waals surface area contributed by atoms with Crippen LogP contribution >= 0.6 is 0 Å². The molecule has 1 N–H and O–H groups in total. The first-order valence-electron chi connectivity index (χ1n) is 13.1. The van der Waals surface area contributed by atoms with Gasteiger partial charge in [-0.1, -0.05) is 56.5 Å². The molecule has 9 nitrogen and oxygen atoms in total. The maximum atomic E-state index is 13.5. The SMILES string of the molecule is CC(=O)O[C@H](C(=O)C=C(C(=O)CCCCCCO)c1cccc(C)c1)[C@H](C)C(=O)N1C(=O)OC[C@@H]1C(C)C. The summed E-state index contributed by atoms with van der Waals surface area (Å²) in [6.45, 7) is 8.24. The van der Waals surface area contributed by atoms with Crippen molar-refractivity contribution in [3.8, 4) is 0 Å². The molecule has 0 bridgehead atoms. The Morgan fingerprint density at radius 2 is 1.82 bits per heavy atom. The number of carbonyl (C=O) groups is 5. The normalized spacial score (nSPS) is 17.2. The van der Waals surface area contributed by atoms with E-state index in [2.05, 4.69) is 0 Å². The van der Waals surface area contributed by atoms with Crippen LogP contribution in [-0.4, -0.2) is 64.9 Å². The summed E-state index contributed by atoms with van der Waals surface area (Å²) in [7, 11) is 0. The number of imide groups is 1. The van der Waals surface area contributed by atoms with Crippen molar-refractivity contribution in [2.45, 2.75) is 78.9 Å². The molecule has 208 valence electrons. The number of aryl methyl sites for hydroxylation is 1. The number of cyclic esters (lactones) is 1. The number of carbonyl (C=O) groups excluding carboxylic acids is 5. The monoisotopic (exact) mass is 529 g/mol. The zero-order valence-electron chi connectivity index (χ0n) is 22.9. The van der Waals surface area contributed by atoms with Gasteiger partial charge in [-0.3, -0.25) is 19.2 Å². The number of hydrogen-bond acceptors (Lipinski definition) is 8. The van der Waals surface area contributed by atoms with Crippen molar-refractivity contribution < 1.29 is 38.6 Å². The molecule has 0 spiro atoms. The third-order valence-corrected chi connectivity index (χ3v) is 6.56. The van der Waals surface area contributed by atoms with Gasteiger partial charge < -0.3 is 14.6 Å². The number of hydrogen-bond donors (Lipinski definition) is 1. The first-order valence-corrected chi connectivity index (χ1v) is 13.1. The second kappa shape index (κ2) is 14.6. The summed E-state index contributed by atoms with van der Waals surface area (Å²) in [5, 5.41) is 8.96. The Hall–Kier alpha value is -3.33. The number of rotatable bonds is 14. The fraction of sp³-hybridized carbons (Fsp3) is 0.552. The minimum atomic E-state index is -1.53. The Kier molecular flexibility index (Phi) is 11.8. The molecule has 9 heteroatoms. The Morgan fingerprint density at radius 1 is 1.13 bits per heavy atom. The Morgan fingerprint density at radius 3 is 2.42 bits per heavy atom. The lowest BCUT2D eigenvalue weighted by Crippen LogP contribution is -2.48. The van der Waals surface area contributed by atoms with Crippen molar-refractivity contribution in [2.24, 2.45) is 11.8 Å². The maximum Gasteiger partial charge on any atom is 0.416 e. The highest BCUT2D eigenvalue weighted by atomic mass is 16.6. The number of aliphatic hydroxyl groups is 1. The van der Waals surface area contributed by atoms with Crippen LogP contribution in [0.4, 0.5) is 4.79 Å². The lowest BCUT2D eigenvalue weighted by atomic mass is 9.92. The first kappa shape index (κ1) is 30.9. The molecule has 1 fully saturated rings. The topological polar surface area (TPSA) is 127 Å². The highest BCUT2D eigenvalue weighted by Gasteiger charge is 2.44. The lowest BCUT2D eigenvalue weighted by molar-refractivity contribution is -0.158. The van der Waals surface area contributed by atoms with Gasteiger partial charge in [0.15, 0.2) is 17.7 Å². The number of ketones is 2. The van der Waals surface area contributed by atoms with Crippen molar-refractivity contribution in [2.75, 3.05) is 13.2 Å². The third kappa shape index (κ3) is 8.34. The molecule has 1 aromatic carbocycles. The number of unbranched alkanes of at least 4 members (excludes halogenated alkanes) is 3. The van der Waals surface area contributed by atoms with E-state index in [1.165, 1.54) is 6.92 Å². The fourth-order valence-corrected chi connectivity index (χ4v) is 4.36. The Balaban J connectivity index is 2.38. The zero-order valence-corrected chi connectivity index (χ0v) is 22.9. The van der Waals surface area contributed by atoms with Crippen molar-refractivity contribution in [3.05, 3.63) is 41.5 Å². The average Bonchev–Trinajstić information content (AvgIpc) is 3.26. The molecular weight excluding hydrogens is 490 g/mol. The summed E-state index contributed by atoms with van der Waals surface area (Å²) in [6.07, 6.45) is 1.80. The van der Waals surface area contributed by atoms with Crippen molar-refractivity contribution >= 4 is 35.1 Å². The summed E-state index contributed by atoms with van der Waals surface area (Å²) in [6, 6.07) is 6.64. The molecule has 2 amide bonds. The highest BCUT2D eigenvalue weighted by molar-refractivity contribution is 6.25. The van der Waals surface area contributed by atoms with Gasteiger partial charge in [-0.05, 0) is 44.2 Å². The predicted molar refractivity (Wildman–Crippen MR) is 141 cm³/mol. The maximum absolute atomic E-state index is 13.5. The number of allylic oxidation sites excluding steroid dienone is 1. The second-order valence-corrected chi connectivity index (χ2v) is 10.1. The second-order valence-electron chi connectivity index (χ2n) is 10.1. The van der Waals surface area contributed by atoms with Gasteiger partial charge in [-0.25, -0.2) is 9.69 Å². The molecule has 0 aromatic heterocycles. The molecule has 38 heavy (non-hydrogen) atoms. The summed E-state index contributed by atoms with van der Waals surface area (Å²) in [5.41, 5.74) is 1.60. The molecule has 2 rings (SSSR count). The van der Waals surface area contributed by atoms with E-state index < -0.39 is 41.8 Å². The molecule has 1 heterocycles. The number of aliphatic hydroxyl groups excluding tert-OH is 1. The fourth-order valence-electron chi connectivity index (χ4n) is 4.36. The van der Waals surface area contributed by atoms with Crippen molar-refractivity contribution in [3.63, 3.8) is 0 Å². The van der Waals surface area contributed by atoms with Gasteiger partial charge in [-0.2, -0.15) is 0 Å². The van der Waals surface area contributed by atoms with Crippen LogP contribution in [0.15, 0.2) is 30.3 Å². The van der Waals surface area contributed by atoms with Gasteiger partial charge in [0.2, 0.25) is 5.91 Å². The van der Waals surface area contributed by atoms with Crippen LogP contribution < -0.4 is 0 Å². The molecule has 3 atom stereocenters. The predicted octanol–water partition coefficient (Wildman–Crippen LogP) is 4.03. The largest absolute Gasteiger partial charge is 0.453 e. The standard InChI is InChI=1S/C29H39NO8/c1-18(2)24-17-37-29(36)30(24)28(35)20(4)27(38-21(5)32)26(34)16-23(22-12-10-11-19(3)15-22)25(33)13-8-6-7-9-14-31/h10-12,15-16,18,20,24,27,31H,6-9,13-14,17H2,1-5H3/t20-,24+,27-/m0/s1. The summed E-state index contributed by atoms with van der Waals surface area (Å²) in [4.78, 5) is 65.3. The molecule has 0 saturated carbocycles. The van der Waals surface area contributed by atoms with E-state index in [1.807, 2.05) is 26.8 Å². The molecule has 0 aliphatic carbocycles. The number of Topliss-reactive ketones (excluding diaryl/α,β-unsaturated/α-hetero) is 1. The number of benzene rings is 1. The highest BCUT2D eigenvalue weighted by Crippen LogP contribution is 2.26. The quantitative estimate of drug-likeness (QED) is 0.217. The van der Waals surface area contributed by atoms with Gasteiger partial charge in [-0.15, -0.1) is 0 Å². The summed E-state index contributed by atoms with van der Waals surface area (Å²) >= 11 is 0. The minimum absolute atomic E-state index is 0.0470. The van der Waals surface area contributed by atoms with Crippen LogP contribution in [0, 0.1) is 18.8 Å². The van der Waals surface area contributed by atoms with E-state index in [4.69, 9.17) is 14.6 Å². The minimum Gasteiger partial charge on any atom is -0.453 e. The van der Waals surface area contributed by atoms with Crippen molar-refractivity contribution in [1.82, 2.24) is 4.90 Å². The number of ether oxygens (including phenoxy) is 2. The number of esters is 1. The van der Waals surface area contributed by atoms with E-state index in [1.54, 1.807) is 18.2 Å². The Labute approximate surface area is 224 Å². The van der Waals surface area contributed by atoms with E-state index >= 15 is 0 Å². The van der Waals surface area contributed by atoms with Crippen LogP contribution in [0.2, 0.25) is 0 Å². The van der Waals surface area contributed by atoms with E-state index in [9.17, 15) is 24.0 Å². The van der Waals surface area contributed by atoms with E-state index in [0.717, 1.165) is 36.3 Å². The molecule has 0 radical (unpaired) electrons. The number of nitrogens with zero attached hydrogens (tertiary/aromatic N) is 1. The van der Waals surface area contributed by atoms with Crippen LogP contribution in [0.25, 0.3) is 5.57 Å². The summed E-state index contributed by atoms with van der Waals surface area (Å²) in [5.74, 6) is -3.71. The Bertz CT molecular complexity index is 1060.